The van der Waals surface area contributed by atoms with Gasteiger partial charge in [0.15, 0.2) is 0 Å². The van der Waals surface area contributed by atoms with Crippen molar-refractivity contribution in [3.63, 3.8) is 0 Å². The summed E-state index contributed by atoms with van der Waals surface area (Å²) in [7, 11) is 1.28. The van der Waals surface area contributed by atoms with Gasteiger partial charge in [0.25, 0.3) is 0 Å². The molecule has 5 heteroatoms. The zero-order valence-corrected chi connectivity index (χ0v) is 7.37. The number of pyridine rings is 1. The lowest BCUT2D eigenvalue weighted by Gasteiger charge is -1.95. The molecule has 0 bridgehead atoms. The Labute approximate surface area is 78.7 Å². The fraction of sp³-hybridized carbons (Fsp3) is 0.111. The summed E-state index contributed by atoms with van der Waals surface area (Å²) in [5.41, 5.74) is 0.525. The van der Waals surface area contributed by atoms with Gasteiger partial charge in [-0.1, -0.05) is 0 Å². The molecular weight excluding hydrogens is 187 g/mol. The van der Waals surface area contributed by atoms with Crippen LogP contribution in [0.1, 0.15) is 10.4 Å². The normalized spacial score (nSPS) is 10.4. The van der Waals surface area contributed by atoms with Gasteiger partial charge in [0.1, 0.15) is 5.52 Å². The molecule has 0 aliphatic carbocycles. The summed E-state index contributed by atoms with van der Waals surface area (Å²) in [5, 5.41) is 0.476. The molecule has 0 aliphatic heterocycles. The van der Waals surface area contributed by atoms with E-state index in [4.69, 9.17) is 0 Å². The maximum atomic E-state index is 13.1. The number of aromatic amines is 1. The largest absolute Gasteiger partial charge is 0.465 e. The fourth-order valence-corrected chi connectivity index (χ4v) is 1.30. The summed E-state index contributed by atoms with van der Waals surface area (Å²) in [6.07, 6.45) is 2.71. The maximum absolute atomic E-state index is 13.1. The van der Waals surface area contributed by atoms with Crippen LogP contribution in [0.25, 0.3) is 10.9 Å². The van der Waals surface area contributed by atoms with Crippen molar-refractivity contribution >= 4 is 16.9 Å². The van der Waals surface area contributed by atoms with E-state index < -0.39 is 11.9 Å². The number of halogens is 1. The highest BCUT2D eigenvalue weighted by molar-refractivity contribution is 6.03. The number of ether oxygens (including phenoxy) is 1. The quantitative estimate of drug-likeness (QED) is 0.552. The van der Waals surface area contributed by atoms with Crippen molar-refractivity contribution in [1.29, 1.82) is 0 Å². The Morgan fingerprint density at radius 3 is 3.14 bits per heavy atom. The zero-order valence-electron chi connectivity index (χ0n) is 7.37. The van der Waals surface area contributed by atoms with Gasteiger partial charge in [0, 0.05) is 17.8 Å². The molecule has 2 aromatic rings. The average Bonchev–Trinajstić information content (AvgIpc) is 2.62. The van der Waals surface area contributed by atoms with Crippen LogP contribution in [0, 0.1) is 5.95 Å². The number of carbonyl (C=O) groups is 1. The van der Waals surface area contributed by atoms with E-state index in [0.717, 1.165) is 0 Å². The molecule has 14 heavy (non-hydrogen) atoms. The lowest BCUT2D eigenvalue weighted by atomic mass is 10.2. The molecule has 0 fully saturated rings. The van der Waals surface area contributed by atoms with E-state index in [-0.39, 0.29) is 5.52 Å². The van der Waals surface area contributed by atoms with Gasteiger partial charge < -0.3 is 9.72 Å². The second-order valence-electron chi connectivity index (χ2n) is 2.72. The standard InChI is InChI=1S/C9H7FN2O2/c1-14-9(13)6-4-12-7-5(6)2-3-11-8(7)10/h2-4,12H,1H3. The van der Waals surface area contributed by atoms with E-state index in [2.05, 4.69) is 14.7 Å². The van der Waals surface area contributed by atoms with E-state index >= 15 is 0 Å². The van der Waals surface area contributed by atoms with Crippen LogP contribution in [-0.2, 0) is 4.74 Å². The molecule has 2 rings (SSSR count). The predicted molar refractivity (Wildman–Crippen MR) is 47.4 cm³/mol. The highest BCUT2D eigenvalue weighted by Crippen LogP contribution is 2.19. The van der Waals surface area contributed by atoms with Crippen LogP contribution >= 0.6 is 0 Å². The molecule has 2 aromatic heterocycles. The lowest BCUT2D eigenvalue weighted by molar-refractivity contribution is 0.0603. The van der Waals surface area contributed by atoms with Crippen molar-refractivity contribution in [3.05, 3.63) is 30.0 Å². The number of H-pyrrole nitrogens is 1. The molecule has 72 valence electrons. The minimum atomic E-state index is -0.627. The second kappa shape index (κ2) is 3.10. The topological polar surface area (TPSA) is 55.0 Å². The van der Waals surface area contributed by atoms with Crippen LogP contribution in [0.5, 0.6) is 0 Å². The van der Waals surface area contributed by atoms with E-state index in [1.807, 2.05) is 0 Å². The molecule has 0 radical (unpaired) electrons. The van der Waals surface area contributed by atoms with Crippen molar-refractivity contribution < 1.29 is 13.9 Å². The maximum Gasteiger partial charge on any atom is 0.340 e. The number of hydrogen-bond acceptors (Lipinski definition) is 3. The molecule has 0 saturated heterocycles. The van der Waals surface area contributed by atoms with Crippen molar-refractivity contribution in [2.24, 2.45) is 0 Å². The number of nitrogens with zero attached hydrogens (tertiary/aromatic N) is 1. The minimum absolute atomic E-state index is 0.216. The van der Waals surface area contributed by atoms with Crippen LogP contribution in [0.2, 0.25) is 0 Å². The summed E-state index contributed by atoms with van der Waals surface area (Å²) in [5.74, 6) is -1.13. The van der Waals surface area contributed by atoms with Crippen molar-refractivity contribution in [2.75, 3.05) is 7.11 Å². The summed E-state index contributed by atoms with van der Waals surface area (Å²) in [6.45, 7) is 0. The first-order valence-corrected chi connectivity index (χ1v) is 3.94. The molecule has 0 amide bonds. The van der Waals surface area contributed by atoms with Gasteiger partial charge in [-0.05, 0) is 6.07 Å². The summed E-state index contributed by atoms with van der Waals surface area (Å²) < 4.78 is 17.6. The van der Waals surface area contributed by atoms with E-state index in [9.17, 15) is 9.18 Å². The minimum Gasteiger partial charge on any atom is -0.465 e. The molecule has 0 aromatic carbocycles. The molecule has 1 N–H and O–H groups in total. The molecule has 0 atom stereocenters. The predicted octanol–water partition coefficient (Wildman–Crippen LogP) is 1.49. The van der Waals surface area contributed by atoms with Crippen LogP contribution in [0.3, 0.4) is 0 Å². The number of carbonyl (C=O) groups excluding carboxylic acids is 1. The second-order valence-corrected chi connectivity index (χ2v) is 2.72. The molecule has 0 unspecified atom stereocenters. The molecular formula is C9H7FN2O2. The van der Waals surface area contributed by atoms with Crippen molar-refractivity contribution in [3.8, 4) is 0 Å². The Kier molecular flexibility index (Phi) is 1.92. The first kappa shape index (κ1) is 8.68. The van der Waals surface area contributed by atoms with Gasteiger partial charge in [-0.15, -0.1) is 0 Å². The Hall–Kier alpha value is -1.91. The third-order valence-electron chi connectivity index (χ3n) is 1.96. The fourth-order valence-electron chi connectivity index (χ4n) is 1.30. The van der Waals surface area contributed by atoms with E-state index in [1.54, 1.807) is 6.07 Å². The summed E-state index contributed by atoms with van der Waals surface area (Å²) >= 11 is 0. The van der Waals surface area contributed by atoms with Gasteiger partial charge in [-0.25, -0.2) is 9.78 Å². The first-order chi connectivity index (χ1) is 6.74. The van der Waals surface area contributed by atoms with Gasteiger partial charge in [0.2, 0.25) is 5.95 Å². The summed E-state index contributed by atoms with van der Waals surface area (Å²) in [4.78, 5) is 17.3. The molecule has 2 heterocycles. The Morgan fingerprint density at radius 2 is 2.43 bits per heavy atom. The number of nitrogens with one attached hydrogen (secondary N) is 1. The van der Waals surface area contributed by atoms with Crippen LogP contribution in [0.15, 0.2) is 18.5 Å². The molecule has 4 nitrogen and oxygen atoms in total. The van der Waals surface area contributed by atoms with E-state index in [1.165, 1.54) is 19.5 Å². The highest BCUT2D eigenvalue weighted by Gasteiger charge is 2.14. The van der Waals surface area contributed by atoms with Crippen LogP contribution in [-0.4, -0.2) is 23.0 Å². The van der Waals surface area contributed by atoms with Crippen molar-refractivity contribution in [2.45, 2.75) is 0 Å². The third-order valence-corrected chi connectivity index (χ3v) is 1.96. The van der Waals surface area contributed by atoms with E-state index in [0.29, 0.717) is 10.9 Å². The number of hydrogen-bond donors (Lipinski definition) is 1. The first-order valence-electron chi connectivity index (χ1n) is 3.94. The third kappa shape index (κ3) is 1.14. The number of aromatic nitrogens is 2. The zero-order chi connectivity index (χ0) is 10.1. The Balaban J connectivity index is 2.70. The lowest BCUT2D eigenvalue weighted by Crippen LogP contribution is -1.99. The van der Waals surface area contributed by atoms with Gasteiger partial charge >= 0.3 is 5.97 Å². The molecule has 0 saturated carbocycles. The molecule has 0 spiro atoms. The average molecular weight is 194 g/mol. The number of methoxy groups -OCH3 is 1. The number of rotatable bonds is 1. The number of esters is 1. The Morgan fingerprint density at radius 1 is 1.64 bits per heavy atom. The monoisotopic (exact) mass is 194 g/mol. The summed E-state index contributed by atoms with van der Waals surface area (Å²) in [6, 6.07) is 1.56. The number of fused-ring (bicyclic) bond motifs is 1. The molecule has 0 aliphatic rings. The smallest absolute Gasteiger partial charge is 0.340 e. The van der Waals surface area contributed by atoms with Gasteiger partial charge in [-0.3, -0.25) is 0 Å². The van der Waals surface area contributed by atoms with Crippen molar-refractivity contribution in [1.82, 2.24) is 9.97 Å². The van der Waals surface area contributed by atoms with Gasteiger partial charge in [0.05, 0.1) is 12.7 Å². The van der Waals surface area contributed by atoms with Crippen LogP contribution in [0.4, 0.5) is 4.39 Å². The Bertz CT molecular complexity index is 493. The highest BCUT2D eigenvalue weighted by atomic mass is 19.1. The van der Waals surface area contributed by atoms with Crippen LogP contribution < -0.4 is 0 Å². The SMILES string of the molecule is COC(=O)c1c[nH]c2c(F)nccc12. The van der Waals surface area contributed by atoms with Gasteiger partial charge in [-0.2, -0.15) is 4.39 Å².